The summed E-state index contributed by atoms with van der Waals surface area (Å²) in [5.41, 5.74) is 0. The van der Waals surface area contributed by atoms with Crippen molar-refractivity contribution in [2.45, 2.75) is 39.2 Å². The predicted molar refractivity (Wildman–Crippen MR) is 69.0 cm³/mol. The Balaban J connectivity index is 4.42. The number of rotatable bonds is 10. The number of carboxylic acid groups (broad SMARTS) is 1. The average Bonchev–Trinajstić information content (AvgIpc) is 2.23. The number of carbonyl (C=O) groups is 1. The fourth-order valence-corrected chi connectivity index (χ4v) is 3.37. The first-order valence-corrected chi connectivity index (χ1v) is 7.62. The van der Waals surface area contributed by atoms with Gasteiger partial charge in [-0.15, -0.1) is 0 Å². The largest absolute Gasteiger partial charge is 0.481 e. The lowest BCUT2D eigenvalue weighted by Crippen LogP contribution is -2.39. The number of sulfonamides is 1. The van der Waals surface area contributed by atoms with Gasteiger partial charge in [-0.25, -0.2) is 8.42 Å². The number of methoxy groups -OCH3 is 1. The van der Waals surface area contributed by atoms with Crippen molar-refractivity contribution in [1.29, 1.82) is 0 Å². The lowest BCUT2D eigenvalue weighted by Gasteiger charge is -2.25. The zero-order valence-electron chi connectivity index (χ0n) is 11.3. The Morgan fingerprint density at radius 3 is 2.39 bits per heavy atom. The molecule has 0 bridgehead atoms. The maximum Gasteiger partial charge on any atom is 0.303 e. The summed E-state index contributed by atoms with van der Waals surface area (Å²) in [7, 11) is -1.80. The van der Waals surface area contributed by atoms with Gasteiger partial charge in [0.2, 0.25) is 10.0 Å². The summed E-state index contributed by atoms with van der Waals surface area (Å²) in [5, 5.41) is 8.56. The molecule has 0 aromatic rings. The highest BCUT2D eigenvalue weighted by molar-refractivity contribution is 7.89. The van der Waals surface area contributed by atoms with E-state index < -0.39 is 16.0 Å². The molecule has 0 aromatic heterocycles. The molecule has 0 aliphatic rings. The molecule has 0 amide bonds. The molecule has 0 heterocycles. The van der Waals surface area contributed by atoms with E-state index >= 15 is 0 Å². The van der Waals surface area contributed by atoms with Gasteiger partial charge in [-0.3, -0.25) is 4.79 Å². The third kappa shape index (κ3) is 6.93. The van der Waals surface area contributed by atoms with E-state index in [0.29, 0.717) is 19.4 Å². The molecule has 0 unspecified atom stereocenters. The molecule has 0 aliphatic heterocycles. The van der Waals surface area contributed by atoms with Gasteiger partial charge in [-0.2, -0.15) is 4.31 Å². The Bertz CT molecular complexity index is 339. The fourth-order valence-electron chi connectivity index (χ4n) is 1.61. The van der Waals surface area contributed by atoms with Crippen LogP contribution in [0.15, 0.2) is 0 Å². The molecule has 1 N–H and O–H groups in total. The molecule has 0 aliphatic carbocycles. The first kappa shape index (κ1) is 17.3. The quantitative estimate of drug-likeness (QED) is 0.602. The van der Waals surface area contributed by atoms with Gasteiger partial charge in [0.1, 0.15) is 0 Å². The molecule has 7 heteroatoms. The van der Waals surface area contributed by atoms with Crippen molar-refractivity contribution in [2.24, 2.45) is 0 Å². The van der Waals surface area contributed by atoms with E-state index in [1.165, 1.54) is 11.4 Å². The highest BCUT2D eigenvalue weighted by atomic mass is 32.2. The zero-order chi connectivity index (χ0) is 14.2. The summed E-state index contributed by atoms with van der Waals surface area (Å²) in [5.74, 6) is -0.873. The van der Waals surface area contributed by atoms with Gasteiger partial charge in [-0.05, 0) is 26.7 Å². The van der Waals surface area contributed by atoms with Crippen LogP contribution in [0.5, 0.6) is 0 Å². The molecule has 0 fully saturated rings. The molecule has 6 nitrogen and oxygen atoms in total. The number of aliphatic carboxylic acids is 1. The van der Waals surface area contributed by atoms with Gasteiger partial charge < -0.3 is 9.84 Å². The molecule has 108 valence electrons. The van der Waals surface area contributed by atoms with E-state index in [2.05, 4.69) is 0 Å². The number of nitrogens with zero attached hydrogens (tertiary/aromatic N) is 1. The Morgan fingerprint density at radius 2 is 1.94 bits per heavy atom. The van der Waals surface area contributed by atoms with Crippen LogP contribution in [-0.4, -0.2) is 55.9 Å². The number of ether oxygens (including phenoxy) is 1. The van der Waals surface area contributed by atoms with Crippen molar-refractivity contribution < 1.29 is 23.1 Å². The lowest BCUT2D eigenvalue weighted by molar-refractivity contribution is -0.137. The molecule has 0 saturated carbocycles. The molecule has 18 heavy (non-hydrogen) atoms. The van der Waals surface area contributed by atoms with Crippen molar-refractivity contribution in [3.8, 4) is 0 Å². The van der Waals surface area contributed by atoms with Crippen molar-refractivity contribution in [2.75, 3.05) is 26.0 Å². The van der Waals surface area contributed by atoms with E-state index in [9.17, 15) is 13.2 Å². The molecule has 0 spiro atoms. The number of hydrogen-bond acceptors (Lipinski definition) is 4. The molecular formula is C11H23NO5S. The Kier molecular flexibility index (Phi) is 8.13. The SMILES string of the molecule is COCCCS(=O)(=O)N(CCCC(=O)O)C(C)C. The summed E-state index contributed by atoms with van der Waals surface area (Å²) in [6.07, 6.45) is 0.759. The fraction of sp³-hybridized carbons (Fsp3) is 0.909. The van der Waals surface area contributed by atoms with E-state index in [1.807, 2.05) is 0 Å². The van der Waals surface area contributed by atoms with Crippen LogP contribution in [0.3, 0.4) is 0 Å². The highest BCUT2D eigenvalue weighted by Crippen LogP contribution is 2.10. The van der Waals surface area contributed by atoms with Crippen LogP contribution >= 0.6 is 0 Å². The van der Waals surface area contributed by atoms with Crippen LogP contribution in [0.4, 0.5) is 0 Å². The summed E-state index contributed by atoms with van der Waals surface area (Å²) in [6, 6.07) is -0.161. The highest BCUT2D eigenvalue weighted by Gasteiger charge is 2.24. The molecule has 0 radical (unpaired) electrons. The standard InChI is InChI=1S/C11H23NO5S/c1-10(2)12(7-4-6-11(13)14)18(15,16)9-5-8-17-3/h10H,4-9H2,1-3H3,(H,13,14). The first-order valence-electron chi connectivity index (χ1n) is 6.01. The van der Waals surface area contributed by atoms with Crippen LogP contribution in [0.1, 0.15) is 33.1 Å². The van der Waals surface area contributed by atoms with Crippen LogP contribution in [0.2, 0.25) is 0 Å². The molecule has 0 rings (SSSR count). The molecule has 0 atom stereocenters. The maximum atomic E-state index is 12.0. The smallest absolute Gasteiger partial charge is 0.303 e. The lowest BCUT2D eigenvalue weighted by atomic mass is 10.3. The zero-order valence-corrected chi connectivity index (χ0v) is 12.1. The maximum absolute atomic E-state index is 12.0. The topological polar surface area (TPSA) is 83.9 Å². The van der Waals surface area contributed by atoms with Gasteiger partial charge in [-0.1, -0.05) is 0 Å². The molecule has 0 aromatic carbocycles. The van der Waals surface area contributed by atoms with Gasteiger partial charge in [0.25, 0.3) is 0 Å². The Labute approximate surface area is 109 Å². The normalized spacial score (nSPS) is 12.3. The summed E-state index contributed by atoms with van der Waals surface area (Å²) >= 11 is 0. The van der Waals surface area contributed by atoms with E-state index in [4.69, 9.17) is 9.84 Å². The van der Waals surface area contributed by atoms with Crippen molar-refractivity contribution in [1.82, 2.24) is 4.31 Å². The second-order valence-electron chi connectivity index (χ2n) is 4.36. The van der Waals surface area contributed by atoms with Gasteiger partial charge >= 0.3 is 5.97 Å². The summed E-state index contributed by atoms with van der Waals surface area (Å²) in [6.45, 7) is 4.23. The van der Waals surface area contributed by atoms with E-state index in [1.54, 1.807) is 13.8 Å². The van der Waals surface area contributed by atoms with Gasteiger partial charge in [0.05, 0.1) is 5.75 Å². The monoisotopic (exact) mass is 281 g/mol. The Hall–Kier alpha value is -0.660. The minimum absolute atomic E-state index is 0.0171. The average molecular weight is 281 g/mol. The van der Waals surface area contributed by atoms with Gasteiger partial charge in [0, 0.05) is 32.7 Å². The molecule has 0 saturated heterocycles. The molecular weight excluding hydrogens is 258 g/mol. The minimum atomic E-state index is -3.33. The summed E-state index contributed by atoms with van der Waals surface area (Å²) < 4.78 is 30.3. The van der Waals surface area contributed by atoms with E-state index in [-0.39, 0.29) is 24.8 Å². The van der Waals surface area contributed by atoms with Crippen molar-refractivity contribution in [3.63, 3.8) is 0 Å². The third-order valence-electron chi connectivity index (χ3n) is 2.45. The van der Waals surface area contributed by atoms with Crippen LogP contribution in [-0.2, 0) is 19.6 Å². The van der Waals surface area contributed by atoms with E-state index in [0.717, 1.165) is 0 Å². The van der Waals surface area contributed by atoms with Gasteiger partial charge in [0.15, 0.2) is 0 Å². The first-order chi connectivity index (χ1) is 8.31. The predicted octanol–water partition coefficient (Wildman–Crippen LogP) is 0.928. The van der Waals surface area contributed by atoms with Crippen LogP contribution in [0.25, 0.3) is 0 Å². The second kappa shape index (κ2) is 8.44. The Morgan fingerprint density at radius 1 is 1.33 bits per heavy atom. The number of hydrogen-bond donors (Lipinski definition) is 1. The van der Waals surface area contributed by atoms with Crippen LogP contribution < -0.4 is 0 Å². The van der Waals surface area contributed by atoms with Crippen LogP contribution in [0, 0.1) is 0 Å². The van der Waals surface area contributed by atoms with Crippen molar-refractivity contribution in [3.05, 3.63) is 0 Å². The number of carboxylic acids is 1. The summed E-state index contributed by atoms with van der Waals surface area (Å²) in [4.78, 5) is 10.4. The van der Waals surface area contributed by atoms with Crippen molar-refractivity contribution >= 4 is 16.0 Å². The third-order valence-corrected chi connectivity index (χ3v) is 4.58. The minimum Gasteiger partial charge on any atom is -0.481 e. The second-order valence-corrected chi connectivity index (χ2v) is 6.41.